The second-order valence-corrected chi connectivity index (χ2v) is 5.61. The summed E-state index contributed by atoms with van der Waals surface area (Å²) in [6.07, 6.45) is 5.34. The number of rotatable bonds is 4. The number of nitriles is 1. The van der Waals surface area contributed by atoms with Gasteiger partial charge in [-0.15, -0.1) is 0 Å². The summed E-state index contributed by atoms with van der Waals surface area (Å²) in [6.45, 7) is 4.56. The predicted octanol–water partition coefficient (Wildman–Crippen LogP) is 3.46. The SMILES string of the molecule is Cc1cc(N2CCCCC2)nc(NCc2ccco2)c1C#N. The van der Waals surface area contributed by atoms with Gasteiger partial charge >= 0.3 is 0 Å². The van der Waals surface area contributed by atoms with Crippen molar-refractivity contribution in [3.63, 3.8) is 0 Å². The second-order valence-electron chi connectivity index (χ2n) is 5.61. The van der Waals surface area contributed by atoms with Gasteiger partial charge in [-0.25, -0.2) is 4.98 Å². The van der Waals surface area contributed by atoms with Gasteiger partial charge in [0, 0.05) is 13.1 Å². The Kier molecular flexibility index (Phi) is 4.29. The number of furan rings is 1. The molecule has 1 N–H and O–H groups in total. The van der Waals surface area contributed by atoms with Crippen LogP contribution in [0.1, 0.15) is 36.1 Å². The first kappa shape index (κ1) is 14.5. The molecule has 5 heteroatoms. The van der Waals surface area contributed by atoms with Crippen molar-refractivity contribution in [2.45, 2.75) is 32.7 Å². The molecule has 2 aromatic heterocycles. The molecular formula is C17H20N4O. The summed E-state index contributed by atoms with van der Waals surface area (Å²) in [5.41, 5.74) is 1.56. The summed E-state index contributed by atoms with van der Waals surface area (Å²) in [7, 11) is 0. The van der Waals surface area contributed by atoms with Crippen LogP contribution in [0, 0.1) is 18.3 Å². The third-order valence-electron chi connectivity index (χ3n) is 4.01. The van der Waals surface area contributed by atoms with Crippen LogP contribution in [0.5, 0.6) is 0 Å². The van der Waals surface area contributed by atoms with Gasteiger partial charge in [0.05, 0.1) is 18.4 Å². The molecule has 5 nitrogen and oxygen atoms in total. The van der Waals surface area contributed by atoms with E-state index in [1.165, 1.54) is 19.3 Å². The fraction of sp³-hybridized carbons (Fsp3) is 0.412. The van der Waals surface area contributed by atoms with Crippen molar-refractivity contribution in [3.05, 3.63) is 41.3 Å². The number of nitrogens with zero attached hydrogens (tertiary/aromatic N) is 3. The highest BCUT2D eigenvalue weighted by molar-refractivity contribution is 5.61. The maximum absolute atomic E-state index is 9.39. The number of pyridine rings is 1. The van der Waals surface area contributed by atoms with E-state index in [0.29, 0.717) is 17.9 Å². The van der Waals surface area contributed by atoms with E-state index in [9.17, 15) is 5.26 Å². The van der Waals surface area contributed by atoms with Crippen LogP contribution < -0.4 is 10.2 Å². The Morgan fingerprint density at radius 3 is 2.86 bits per heavy atom. The van der Waals surface area contributed by atoms with Crippen LogP contribution in [0.25, 0.3) is 0 Å². The van der Waals surface area contributed by atoms with E-state index >= 15 is 0 Å². The summed E-state index contributed by atoms with van der Waals surface area (Å²) < 4.78 is 5.32. The van der Waals surface area contributed by atoms with Crippen molar-refractivity contribution >= 4 is 11.6 Å². The van der Waals surface area contributed by atoms with E-state index < -0.39 is 0 Å². The lowest BCUT2D eigenvalue weighted by molar-refractivity contribution is 0.517. The predicted molar refractivity (Wildman–Crippen MR) is 85.8 cm³/mol. The zero-order valence-corrected chi connectivity index (χ0v) is 12.8. The number of nitrogens with one attached hydrogen (secondary N) is 1. The molecule has 1 saturated heterocycles. The molecule has 1 aliphatic rings. The summed E-state index contributed by atoms with van der Waals surface area (Å²) >= 11 is 0. The molecule has 0 atom stereocenters. The Morgan fingerprint density at radius 2 is 2.18 bits per heavy atom. The van der Waals surface area contributed by atoms with Gasteiger partial charge in [0.25, 0.3) is 0 Å². The molecule has 0 radical (unpaired) electrons. The number of aromatic nitrogens is 1. The minimum atomic E-state index is 0.525. The van der Waals surface area contributed by atoms with Gasteiger partial charge < -0.3 is 14.6 Å². The molecule has 0 saturated carbocycles. The maximum Gasteiger partial charge on any atom is 0.147 e. The molecule has 3 rings (SSSR count). The van der Waals surface area contributed by atoms with Crippen LogP contribution in [0.2, 0.25) is 0 Å². The van der Waals surface area contributed by atoms with Crippen molar-refractivity contribution < 1.29 is 4.42 Å². The van der Waals surface area contributed by atoms with Crippen molar-refractivity contribution in [3.8, 4) is 6.07 Å². The summed E-state index contributed by atoms with van der Waals surface area (Å²) in [6, 6.07) is 8.02. The van der Waals surface area contributed by atoms with Gasteiger partial charge in [-0.1, -0.05) is 0 Å². The fourth-order valence-electron chi connectivity index (χ4n) is 2.79. The number of anilines is 2. The standard InChI is InChI=1S/C17H20N4O/c1-13-10-16(21-7-3-2-4-8-21)20-17(15(13)11-18)19-12-14-6-5-9-22-14/h5-6,9-10H,2-4,7-8,12H2,1H3,(H,19,20). The number of aryl methyl sites for hydroxylation is 1. The van der Waals surface area contributed by atoms with Crippen LogP contribution in [-0.4, -0.2) is 18.1 Å². The van der Waals surface area contributed by atoms with Gasteiger partial charge in [0.1, 0.15) is 23.5 Å². The molecule has 0 amide bonds. The van der Waals surface area contributed by atoms with Gasteiger partial charge in [0.2, 0.25) is 0 Å². The average Bonchev–Trinajstić information content (AvgIpc) is 3.07. The minimum absolute atomic E-state index is 0.525. The van der Waals surface area contributed by atoms with Crippen molar-refractivity contribution in [2.24, 2.45) is 0 Å². The topological polar surface area (TPSA) is 65.1 Å². The highest BCUT2D eigenvalue weighted by atomic mass is 16.3. The first-order chi connectivity index (χ1) is 10.8. The molecule has 0 spiro atoms. The Balaban J connectivity index is 1.85. The molecule has 1 aliphatic heterocycles. The molecule has 2 aromatic rings. The Morgan fingerprint density at radius 1 is 1.36 bits per heavy atom. The van der Waals surface area contributed by atoms with E-state index in [0.717, 1.165) is 30.2 Å². The molecular weight excluding hydrogens is 276 g/mol. The third-order valence-corrected chi connectivity index (χ3v) is 4.01. The minimum Gasteiger partial charge on any atom is -0.467 e. The lowest BCUT2D eigenvalue weighted by Crippen LogP contribution is -2.30. The number of hydrogen-bond acceptors (Lipinski definition) is 5. The van der Waals surface area contributed by atoms with Crippen molar-refractivity contribution in [2.75, 3.05) is 23.3 Å². The largest absolute Gasteiger partial charge is 0.467 e. The lowest BCUT2D eigenvalue weighted by atomic mass is 10.1. The summed E-state index contributed by atoms with van der Waals surface area (Å²) in [4.78, 5) is 6.98. The number of piperidine rings is 1. The van der Waals surface area contributed by atoms with E-state index in [4.69, 9.17) is 4.42 Å². The smallest absolute Gasteiger partial charge is 0.147 e. The number of hydrogen-bond donors (Lipinski definition) is 1. The van der Waals surface area contributed by atoms with E-state index in [1.54, 1.807) is 6.26 Å². The zero-order chi connectivity index (χ0) is 15.4. The average molecular weight is 296 g/mol. The van der Waals surface area contributed by atoms with Gasteiger partial charge in [0.15, 0.2) is 0 Å². The fourth-order valence-corrected chi connectivity index (χ4v) is 2.79. The normalized spacial score (nSPS) is 14.6. The van der Waals surface area contributed by atoms with Crippen LogP contribution in [0.15, 0.2) is 28.9 Å². The Bertz CT molecular complexity index is 667. The van der Waals surface area contributed by atoms with Gasteiger partial charge in [-0.2, -0.15) is 5.26 Å². The van der Waals surface area contributed by atoms with Crippen LogP contribution in [0.4, 0.5) is 11.6 Å². The van der Waals surface area contributed by atoms with E-state index in [1.807, 2.05) is 25.1 Å². The molecule has 0 aliphatic carbocycles. The third kappa shape index (κ3) is 3.06. The monoisotopic (exact) mass is 296 g/mol. The molecule has 0 unspecified atom stereocenters. The second kappa shape index (κ2) is 6.52. The molecule has 114 valence electrons. The molecule has 3 heterocycles. The maximum atomic E-state index is 9.39. The summed E-state index contributed by atoms with van der Waals surface area (Å²) in [5.74, 6) is 2.42. The highest BCUT2D eigenvalue weighted by Gasteiger charge is 2.16. The quantitative estimate of drug-likeness (QED) is 0.936. The van der Waals surface area contributed by atoms with Gasteiger partial charge in [-0.05, 0) is 49.9 Å². The first-order valence-electron chi connectivity index (χ1n) is 7.71. The van der Waals surface area contributed by atoms with Crippen LogP contribution in [-0.2, 0) is 6.54 Å². The van der Waals surface area contributed by atoms with Crippen molar-refractivity contribution in [1.82, 2.24) is 4.98 Å². The lowest BCUT2D eigenvalue weighted by Gasteiger charge is -2.28. The molecule has 1 fully saturated rings. The van der Waals surface area contributed by atoms with E-state index in [2.05, 4.69) is 21.3 Å². The molecule has 0 aromatic carbocycles. The van der Waals surface area contributed by atoms with Crippen LogP contribution >= 0.6 is 0 Å². The van der Waals surface area contributed by atoms with Crippen molar-refractivity contribution in [1.29, 1.82) is 5.26 Å². The first-order valence-corrected chi connectivity index (χ1v) is 7.71. The van der Waals surface area contributed by atoms with Gasteiger partial charge in [-0.3, -0.25) is 0 Å². The molecule has 0 bridgehead atoms. The Hall–Kier alpha value is -2.48. The molecule has 22 heavy (non-hydrogen) atoms. The highest BCUT2D eigenvalue weighted by Crippen LogP contribution is 2.25. The summed E-state index contributed by atoms with van der Waals surface area (Å²) in [5, 5.41) is 12.6. The van der Waals surface area contributed by atoms with Crippen LogP contribution in [0.3, 0.4) is 0 Å². The van der Waals surface area contributed by atoms with E-state index in [-0.39, 0.29) is 0 Å². The Labute approximate surface area is 130 Å². The zero-order valence-electron chi connectivity index (χ0n) is 12.8.